The second kappa shape index (κ2) is 5.77. The van der Waals surface area contributed by atoms with E-state index in [4.69, 9.17) is 5.73 Å². The fraction of sp³-hybridized carbons (Fsp3) is 0.333. The molecule has 2 aliphatic carbocycles. The summed E-state index contributed by atoms with van der Waals surface area (Å²) in [5, 5.41) is 4.39. The molecule has 1 unspecified atom stereocenters. The standard InChI is InChI=1S/C21H20N6O3S/c1-10-3-4-23-7-12(10)15-5-11-6-16(24-8-13(11)19(22)25-15)26-20(28)21-14-9-27(31(2,29)30)18(21)17(14)21/h3-8,14,17-18H,9H2,1-2H3,(H2,22,25)(H,24,26,28)/t14-,17-,18?,21-/m1/s1. The average Bonchev–Trinajstić information content (AvgIpc) is 3.44. The number of aryl methyl sites for hydroxylation is 1. The van der Waals surface area contributed by atoms with Crippen LogP contribution in [-0.2, 0) is 14.8 Å². The van der Waals surface area contributed by atoms with Crippen molar-refractivity contribution in [3.8, 4) is 11.3 Å². The van der Waals surface area contributed by atoms with Crippen LogP contribution >= 0.6 is 0 Å². The van der Waals surface area contributed by atoms with Gasteiger partial charge in [-0.05, 0) is 47.9 Å². The summed E-state index contributed by atoms with van der Waals surface area (Å²) in [6.45, 7) is 2.41. The number of fused-ring (bicyclic) bond motifs is 2. The monoisotopic (exact) mass is 436 g/mol. The van der Waals surface area contributed by atoms with E-state index < -0.39 is 15.4 Å². The molecule has 0 spiro atoms. The molecule has 2 aliphatic heterocycles. The van der Waals surface area contributed by atoms with Crippen LogP contribution in [0.3, 0.4) is 0 Å². The minimum absolute atomic E-state index is 0.118. The second-order valence-corrected chi connectivity index (χ2v) is 10.6. The zero-order chi connectivity index (χ0) is 21.7. The number of nitrogens with one attached hydrogen (secondary N) is 1. The number of hydrogen-bond acceptors (Lipinski definition) is 7. The molecule has 4 atom stereocenters. The van der Waals surface area contributed by atoms with Crippen LogP contribution in [0.25, 0.3) is 22.0 Å². The third-order valence-corrected chi connectivity index (χ3v) is 8.25. The van der Waals surface area contributed by atoms with Gasteiger partial charge in [-0.3, -0.25) is 9.78 Å². The van der Waals surface area contributed by atoms with Gasteiger partial charge in [0.25, 0.3) is 0 Å². The first kappa shape index (κ1) is 18.6. The van der Waals surface area contributed by atoms with E-state index in [0.717, 1.165) is 16.5 Å². The van der Waals surface area contributed by atoms with Crippen molar-refractivity contribution >= 4 is 38.3 Å². The maximum Gasteiger partial charge on any atom is 0.234 e. The molecule has 2 saturated heterocycles. The van der Waals surface area contributed by atoms with Crippen molar-refractivity contribution in [3.05, 3.63) is 42.4 Å². The summed E-state index contributed by atoms with van der Waals surface area (Å²) in [6.07, 6.45) is 6.26. The summed E-state index contributed by atoms with van der Waals surface area (Å²) in [5.41, 5.74) is 8.20. The fourth-order valence-electron chi connectivity index (χ4n) is 5.37. The Bertz CT molecular complexity index is 1400. The number of hydrogen-bond donors (Lipinski definition) is 2. The molecule has 9 nitrogen and oxygen atoms in total. The van der Waals surface area contributed by atoms with Crippen molar-refractivity contribution in [2.75, 3.05) is 23.9 Å². The normalized spacial score (nSPS) is 28.4. The Morgan fingerprint density at radius 1 is 1.32 bits per heavy atom. The number of nitrogens with zero attached hydrogens (tertiary/aromatic N) is 4. The number of rotatable bonds is 4. The molecule has 3 N–H and O–H groups in total. The average molecular weight is 436 g/mol. The Balaban J connectivity index is 1.30. The summed E-state index contributed by atoms with van der Waals surface area (Å²) in [7, 11) is -3.29. The number of carbonyl (C=O) groups is 1. The highest BCUT2D eigenvalue weighted by Gasteiger charge is 2.96. The molecule has 0 radical (unpaired) electrons. The molecular weight excluding hydrogens is 416 g/mol. The number of anilines is 2. The highest BCUT2D eigenvalue weighted by Crippen LogP contribution is 2.86. The van der Waals surface area contributed by atoms with Gasteiger partial charge in [-0.15, -0.1) is 0 Å². The number of nitrogen functional groups attached to an aromatic ring is 1. The minimum Gasteiger partial charge on any atom is -0.383 e. The van der Waals surface area contributed by atoms with Crippen LogP contribution in [0.2, 0.25) is 0 Å². The molecule has 2 saturated carbocycles. The van der Waals surface area contributed by atoms with Gasteiger partial charge in [0.05, 0.1) is 17.4 Å². The first-order valence-electron chi connectivity index (χ1n) is 9.98. The SMILES string of the molecule is Cc1ccncc1-c1cc2cc(NC(=O)[C@@]34C5[C@H]3[C@H]4CN5S(C)(=O)=O)ncc2c(N)n1. The molecular formula is C21H20N6O3S. The number of nitrogens with two attached hydrogens (primary N) is 1. The lowest BCUT2D eigenvalue weighted by atomic mass is 10.1. The van der Waals surface area contributed by atoms with Crippen molar-refractivity contribution in [3.63, 3.8) is 0 Å². The fourth-order valence-corrected chi connectivity index (χ4v) is 6.52. The molecule has 4 fully saturated rings. The van der Waals surface area contributed by atoms with Gasteiger partial charge in [-0.2, -0.15) is 4.31 Å². The Kier molecular flexibility index (Phi) is 3.47. The van der Waals surface area contributed by atoms with Gasteiger partial charge in [-0.25, -0.2) is 18.4 Å². The van der Waals surface area contributed by atoms with Crippen LogP contribution in [0, 0.1) is 24.2 Å². The second-order valence-electron chi connectivity index (χ2n) is 8.67. The largest absolute Gasteiger partial charge is 0.383 e. The molecule has 1 amide bonds. The molecule has 7 rings (SSSR count). The lowest BCUT2D eigenvalue weighted by molar-refractivity contribution is -0.119. The highest BCUT2D eigenvalue weighted by atomic mass is 32.2. The Morgan fingerprint density at radius 2 is 2.13 bits per heavy atom. The van der Waals surface area contributed by atoms with E-state index in [0.29, 0.717) is 29.3 Å². The van der Waals surface area contributed by atoms with Gasteiger partial charge in [0.15, 0.2) is 0 Å². The van der Waals surface area contributed by atoms with Crippen molar-refractivity contribution < 1.29 is 13.2 Å². The van der Waals surface area contributed by atoms with Crippen LogP contribution in [0.15, 0.2) is 36.8 Å². The van der Waals surface area contributed by atoms with E-state index in [9.17, 15) is 13.2 Å². The van der Waals surface area contributed by atoms with E-state index in [-0.39, 0.29) is 23.8 Å². The molecule has 3 aromatic rings. The van der Waals surface area contributed by atoms with Crippen molar-refractivity contribution in [2.24, 2.45) is 17.3 Å². The van der Waals surface area contributed by atoms with Crippen LogP contribution in [0.5, 0.6) is 0 Å². The highest BCUT2D eigenvalue weighted by molar-refractivity contribution is 7.88. The van der Waals surface area contributed by atoms with Crippen LogP contribution in [0.1, 0.15) is 5.56 Å². The van der Waals surface area contributed by atoms with Gasteiger partial charge >= 0.3 is 0 Å². The Hall–Kier alpha value is -3.11. The van der Waals surface area contributed by atoms with E-state index in [1.165, 1.54) is 10.6 Å². The molecule has 2 bridgehead atoms. The van der Waals surface area contributed by atoms with Crippen LogP contribution in [0.4, 0.5) is 11.6 Å². The Morgan fingerprint density at radius 3 is 2.81 bits per heavy atom. The summed E-state index contributed by atoms with van der Waals surface area (Å²) < 4.78 is 25.3. The predicted octanol–water partition coefficient (Wildman–Crippen LogP) is 1.41. The number of amides is 1. The molecule has 5 heterocycles. The summed E-state index contributed by atoms with van der Waals surface area (Å²) in [5.74, 6) is 0.867. The van der Waals surface area contributed by atoms with Crippen LogP contribution in [-0.4, -0.2) is 52.4 Å². The third-order valence-electron chi connectivity index (χ3n) is 7.02. The lowest BCUT2D eigenvalue weighted by Gasteiger charge is -2.14. The third kappa shape index (κ3) is 2.42. The van der Waals surface area contributed by atoms with Crippen LogP contribution < -0.4 is 11.1 Å². The number of sulfonamides is 1. The van der Waals surface area contributed by atoms with E-state index >= 15 is 0 Å². The number of piperidine rings is 1. The zero-order valence-corrected chi connectivity index (χ0v) is 17.7. The van der Waals surface area contributed by atoms with Crippen molar-refractivity contribution in [2.45, 2.75) is 13.0 Å². The first-order chi connectivity index (χ1) is 14.7. The molecule has 10 heteroatoms. The molecule has 4 aliphatic rings. The minimum atomic E-state index is -3.29. The van der Waals surface area contributed by atoms with Gasteiger partial charge in [0.2, 0.25) is 15.9 Å². The smallest absolute Gasteiger partial charge is 0.234 e. The zero-order valence-electron chi connectivity index (χ0n) is 16.9. The number of pyridine rings is 3. The van der Waals surface area contributed by atoms with Gasteiger partial charge in [0, 0.05) is 42.1 Å². The first-order valence-corrected chi connectivity index (χ1v) is 11.8. The van der Waals surface area contributed by atoms with Gasteiger partial charge in [0.1, 0.15) is 11.6 Å². The van der Waals surface area contributed by atoms with E-state index in [1.54, 1.807) is 24.7 Å². The summed E-state index contributed by atoms with van der Waals surface area (Å²) in [6, 6.07) is 5.38. The Labute approximate surface area is 178 Å². The predicted molar refractivity (Wildman–Crippen MR) is 115 cm³/mol. The van der Waals surface area contributed by atoms with E-state index in [1.807, 2.05) is 19.1 Å². The maximum absolute atomic E-state index is 13.0. The summed E-state index contributed by atoms with van der Waals surface area (Å²) in [4.78, 5) is 26.0. The molecule has 158 valence electrons. The number of aromatic nitrogens is 3. The number of carbonyl (C=O) groups excluding carboxylic acids is 1. The van der Waals surface area contributed by atoms with Crippen molar-refractivity contribution in [1.29, 1.82) is 0 Å². The topological polar surface area (TPSA) is 131 Å². The quantitative estimate of drug-likeness (QED) is 0.632. The van der Waals surface area contributed by atoms with Gasteiger partial charge in [-0.1, -0.05) is 0 Å². The van der Waals surface area contributed by atoms with Gasteiger partial charge < -0.3 is 11.1 Å². The molecule has 31 heavy (non-hydrogen) atoms. The van der Waals surface area contributed by atoms with Crippen molar-refractivity contribution in [1.82, 2.24) is 19.3 Å². The molecule has 3 aromatic heterocycles. The maximum atomic E-state index is 13.0. The van der Waals surface area contributed by atoms with E-state index in [2.05, 4.69) is 20.3 Å². The molecule has 0 aromatic carbocycles. The summed E-state index contributed by atoms with van der Waals surface area (Å²) >= 11 is 0. The lowest BCUT2D eigenvalue weighted by Crippen LogP contribution is -2.31.